The van der Waals surface area contributed by atoms with Crippen molar-refractivity contribution in [2.24, 2.45) is 5.73 Å². The molecule has 0 aromatic heterocycles. The summed E-state index contributed by atoms with van der Waals surface area (Å²) in [6.07, 6.45) is -0.112. The van der Waals surface area contributed by atoms with Crippen LogP contribution in [-0.2, 0) is 26.0 Å². The fourth-order valence-corrected chi connectivity index (χ4v) is 5.86. The Morgan fingerprint density at radius 3 is 2.34 bits per heavy atom. The van der Waals surface area contributed by atoms with E-state index in [4.69, 9.17) is 28.9 Å². The van der Waals surface area contributed by atoms with E-state index in [0.29, 0.717) is 5.56 Å². The molecule has 1 saturated heterocycles. The van der Waals surface area contributed by atoms with Crippen molar-refractivity contribution in [3.05, 3.63) is 63.9 Å². The highest BCUT2D eigenvalue weighted by atomic mass is 35.5. The molecule has 1 heterocycles. The summed E-state index contributed by atoms with van der Waals surface area (Å²) < 4.78 is 40.4. The van der Waals surface area contributed by atoms with Crippen LogP contribution in [0.4, 0.5) is 4.39 Å². The summed E-state index contributed by atoms with van der Waals surface area (Å²) in [7, 11) is -4.20. The van der Waals surface area contributed by atoms with E-state index in [1.807, 2.05) is 0 Å². The van der Waals surface area contributed by atoms with Crippen molar-refractivity contribution in [2.45, 2.75) is 35.9 Å². The van der Waals surface area contributed by atoms with E-state index in [9.17, 15) is 27.5 Å². The number of rotatable bonds is 7. The maximum absolute atomic E-state index is 13.2. The van der Waals surface area contributed by atoms with Crippen LogP contribution in [0.25, 0.3) is 0 Å². The van der Waals surface area contributed by atoms with Gasteiger partial charge in [0.15, 0.2) is 0 Å². The fraction of sp³-hybridized carbons (Fsp3) is 0.300. The van der Waals surface area contributed by atoms with Crippen LogP contribution in [0.3, 0.4) is 0 Å². The van der Waals surface area contributed by atoms with Crippen LogP contribution in [0, 0.1) is 5.82 Å². The number of benzene rings is 2. The Kier molecular flexibility index (Phi) is 7.41. The summed E-state index contributed by atoms with van der Waals surface area (Å²) in [6.45, 7) is -0.139. The molecule has 1 amide bonds. The summed E-state index contributed by atoms with van der Waals surface area (Å²) in [4.78, 5) is 24.4. The number of amides is 1. The Hall–Kier alpha value is -2.24. The topological polar surface area (TPSA) is 130 Å². The van der Waals surface area contributed by atoms with Gasteiger partial charge in [0.05, 0.1) is 4.90 Å². The van der Waals surface area contributed by atoms with Gasteiger partial charge in [-0.3, -0.25) is 4.79 Å². The second-order valence-corrected chi connectivity index (χ2v) is 10.2. The van der Waals surface area contributed by atoms with Gasteiger partial charge < -0.3 is 16.2 Å². The molecule has 4 N–H and O–H groups in total. The third-order valence-corrected chi connectivity index (χ3v) is 7.29. The molecule has 0 aliphatic carbocycles. The molecular weight excluding hydrogens is 484 g/mol. The highest BCUT2D eigenvalue weighted by molar-refractivity contribution is 7.89. The van der Waals surface area contributed by atoms with Gasteiger partial charge in [-0.1, -0.05) is 35.3 Å². The number of carbonyl (C=O) groups excluding carboxylic acids is 1. The molecule has 0 bridgehead atoms. The van der Waals surface area contributed by atoms with Crippen molar-refractivity contribution in [2.75, 3.05) is 6.54 Å². The molecule has 1 fully saturated rings. The predicted molar refractivity (Wildman–Crippen MR) is 116 cm³/mol. The van der Waals surface area contributed by atoms with Gasteiger partial charge in [-0.15, -0.1) is 0 Å². The highest BCUT2D eigenvalue weighted by Crippen LogP contribution is 2.29. The zero-order chi connectivity index (χ0) is 23.6. The van der Waals surface area contributed by atoms with Crippen molar-refractivity contribution in [3.8, 4) is 0 Å². The average molecular weight is 504 g/mol. The van der Waals surface area contributed by atoms with Gasteiger partial charge in [0.1, 0.15) is 17.9 Å². The Morgan fingerprint density at radius 1 is 1.19 bits per heavy atom. The first-order valence-corrected chi connectivity index (χ1v) is 11.7. The third-order valence-electron chi connectivity index (χ3n) is 5.00. The molecule has 0 saturated carbocycles. The summed E-state index contributed by atoms with van der Waals surface area (Å²) >= 11 is 11.8. The number of nitrogens with zero attached hydrogens (tertiary/aromatic N) is 1. The van der Waals surface area contributed by atoms with Gasteiger partial charge in [0, 0.05) is 29.1 Å². The Morgan fingerprint density at radius 2 is 1.78 bits per heavy atom. The average Bonchev–Trinajstić information content (AvgIpc) is 3.11. The van der Waals surface area contributed by atoms with Crippen LogP contribution in [0.5, 0.6) is 0 Å². The SMILES string of the molecule is N[C@@H]1C[C@@H](C(=O)N[C@@H](Cc2ccc(F)cc2)C(=O)O)N(S(=O)(=O)c2cc(Cl)cc(Cl)c2)C1. The minimum Gasteiger partial charge on any atom is -0.480 e. The monoisotopic (exact) mass is 503 g/mol. The number of carboxylic acids is 1. The number of aliphatic carboxylic acids is 1. The zero-order valence-corrected chi connectivity index (χ0v) is 18.9. The van der Waals surface area contributed by atoms with Gasteiger partial charge in [-0.2, -0.15) is 4.31 Å². The van der Waals surface area contributed by atoms with Crippen LogP contribution >= 0.6 is 23.2 Å². The van der Waals surface area contributed by atoms with Crippen molar-refractivity contribution in [3.63, 3.8) is 0 Å². The minimum absolute atomic E-state index is 0.00223. The van der Waals surface area contributed by atoms with Crippen LogP contribution < -0.4 is 11.1 Å². The Balaban J connectivity index is 1.83. The van der Waals surface area contributed by atoms with E-state index in [2.05, 4.69) is 5.32 Å². The van der Waals surface area contributed by atoms with Crippen molar-refractivity contribution in [1.29, 1.82) is 0 Å². The molecule has 0 radical (unpaired) electrons. The smallest absolute Gasteiger partial charge is 0.326 e. The van der Waals surface area contributed by atoms with Crippen LogP contribution in [0.2, 0.25) is 10.0 Å². The lowest BCUT2D eigenvalue weighted by Gasteiger charge is -2.25. The lowest BCUT2D eigenvalue weighted by atomic mass is 10.1. The first-order valence-electron chi connectivity index (χ1n) is 9.48. The fourth-order valence-electron chi connectivity index (χ4n) is 3.48. The zero-order valence-electron chi connectivity index (χ0n) is 16.5. The van der Waals surface area contributed by atoms with Gasteiger partial charge in [-0.05, 0) is 42.3 Å². The number of nitrogens with two attached hydrogens (primary N) is 1. The van der Waals surface area contributed by atoms with Crippen molar-refractivity contribution >= 4 is 45.1 Å². The first kappa shape index (κ1) is 24.4. The van der Waals surface area contributed by atoms with E-state index >= 15 is 0 Å². The molecule has 3 rings (SSSR count). The van der Waals surface area contributed by atoms with Gasteiger partial charge in [-0.25, -0.2) is 17.6 Å². The predicted octanol–water partition coefficient (Wildman–Crippen LogP) is 2.03. The molecule has 0 spiro atoms. The largest absolute Gasteiger partial charge is 0.480 e. The van der Waals surface area contributed by atoms with Crippen LogP contribution in [0.1, 0.15) is 12.0 Å². The highest BCUT2D eigenvalue weighted by Gasteiger charge is 2.43. The van der Waals surface area contributed by atoms with E-state index in [-0.39, 0.29) is 34.3 Å². The number of carboxylic acid groups (broad SMARTS) is 1. The molecule has 2 aromatic rings. The van der Waals surface area contributed by atoms with Crippen molar-refractivity contribution in [1.82, 2.24) is 9.62 Å². The summed E-state index contributed by atoms with van der Waals surface area (Å²) in [5.41, 5.74) is 6.41. The van der Waals surface area contributed by atoms with E-state index in [0.717, 1.165) is 4.31 Å². The Bertz CT molecular complexity index is 1110. The number of sulfonamides is 1. The lowest BCUT2D eigenvalue weighted by Crippen LogP contribution is -2.51. The van der Waals surface area contributed by atoms with Gasteiger partial charge in [0.2, 0.25) is 15.9 Å². The molecule has 2 aromatic carbocycles. The third kappa shape index (κ3) is 5.57. The number of carbonyl (C=O) groups is 2. The molecule has 32 heavy (non-hydrogen) atoms. The standard InChI is InChI=1S/C20H20Cl2FN3O5S/c21-12-6-13(22)8-16(7-12)32(30,31)26-10-15(24)9-18(26)19(27)25-17(20(28)29)5-11-1-3-14(23)4-2-11/h1-4,6-8,15,17-18H,5,9-10,24H2,(H,25,27)(H,28,29)/t15-,17+,18+/m1/s1. The summed E-state index contributed by atoms with van der Waals surface area (Å²) in [5.74, 6) is -2.60. The molecule has 8 nitrogen and oxygen atoms in total. The van der Waals surface area contributed by atoms with E-state index in [1.165, 1.54) is 42.5 Å². The molecule has 1 aliphatic rings. The molecule has 172 valence electrons. The van der Waals surface area contributed by atoms with Crippen LogP contribution in [0.15, 0.2) is 47.4 Å². The number of hydrogen-bond acceptors (Lipinski definition) is 5. The number of nitrogens with one attached hydrogen (secondary N) is 1. The Labute approximate surface area is 194 Å². The molecule has 0 unspecified atom stereocenters. The maximum Gasteiger partial charge on any atom is 0.326 e. The normalized spacial score (nSPS) is 20.1. The molecular formula is C20H20Cl2FN3O5S. The second-order valence-electron chi connectivity index (χ2n) is 7.42. The van der Waals surface area contributed by atoms with E-state index in [1.54, 1.807) is 0 Å². The van der Waals surface area contributed by atoms with E-state index < -0.39 is 45.8 Å². The maximum atomic E-state index is 13.2. The number of halogens is 3. The van der Waals surface area contributed by atoms with Gasteiger partial charge >= 0.3 is 5.97 Å². The van der Waals surface area contributed by atoms with Crippen LogP contribution in [-0.4, -0.2) is 54.4 Å². The lowest BCUT2D eigenvalue weighted by molar-refractivity contribution is -0.142. The summed E-state index contributed by atoms with van der Waals surface area (Å²) in [5, 5.41) is 12.1. The first-order chi connectivity index (χ1) is 15.0. The summed E-state index contributed by atoms with van der Waals surface area (Å²) in [6, 6.07) is 5.74. The molecule has 12 heteroatoms. The van der Waals surface area contributed by atoms with Gasteiger partial charge in [0.25, 0.3) is 0 Å². The minimum atomic E-state index is -4.20. The quantitative estimate of drug-likeness (QED) is 0.529. The number of hydrogen-bond donors (Lipinski definition) is 3. The molecule has 3 atom stereocenters. The second kappa shape index (κ2) is 9.72. The molecule has 1 aliphatic heterocycles. The van der Waals surface area contributed by atoms with Crippen molar-refractivity contribution < 1.29 is 27.5 Å².